The first kappa shape index (κ1) is 27.3. The summed E-state index contributed by atoms with van der Waals surface area (Å²) < 4.78 is 7.64. The highest BCUT2D eigenvalue weighted by Crippen LogP contribution is 2.37. The van der Waals surface area contributed by atoms with E-state index in [1.165, 1.54) is 23.9 Å². The Hall–Kier alpha value is -4.27. The first-order chi connectivity index (χ1) is 19.2. The number of aliphatic imine (C=N–C) groups is 1. The first-order valence-corrected chi connectivity index (χ1v) is 13.6. The molecule has 0 saturated carbocycles. The number of carboxylic acid groups (broad SMARTS) is 1. The van der Waals surface area contributed by atoms with Gasteiger partial charge in [0.05, 0.1) is 35.5 Å². The molecular weight excluding hydrogens is 546 g/mol. The van der Waals surface area contributed by atoms with E-state index in [0.717, 1.165) is 33.9 Å². The van der Waals surface area contributed by atoms with Crippen molar-refractivity contribution in [3.8, 4) is 11.4 Å². The Morgan fingerprint density at radius 1 is 1.05 bits per heavy atom. The number of methoxy groups -OCH3 is 1. The normalized spacial score (nSPS) is 15.3. The summed E-state index contributed by atoms with van der Waals surface area (Å²) in [6.07, 6.45) is 1.89. The number of nitrogens with zero attached hydrogens (tertiary/aromatic N) is 3. The van der Waals surface area contributed by atoms with Crippen LogP contribution in [0.4, 0.5) is 5.69 Å². The Morgan fingerprint density at radius 2 is 1.77 bits per heavy atom. The summed E-state index contributed by atoms with van der Waals surface area (Å²) in [6.45, 7) is 4.24. The Kier molecular flexibility index (Phi) is 7.82. The van der Waals surface area contributed by atoms with E-state index in [0.29, 0.717) is 20.8 Å². The average Bonchev–Trinajstić information content (AvgIpc) is 3.38. The monoisotopic (exact) mass is 571 g/mol. The van der Waals surface area contributed by atoms with Crippen molar-refractivity contribution in [1.29, 1.82) is 0 Å². The van der Waals surface area contributed by atoms with Crippen LogP contribution in [-0.2, 0) is 11.3 Å². The van der Waals surface area contributed by atoms with Gasteiger partial charge in [-0.1, -0.05) is 41.9 Å². The maximum atomic E-state index is 13.7. The van der Waals surface area contributed by atoms with Gasteiger partial charge in [-0.25, -0.2) is 9.79 Å². The van der Waals surface area contributed by atoms with Gasteiger partial charge in [-0.15, -0.1) is 0 Å². The molecule has 3 aromatic carbocycles. The Balaban J connectivity index is 1.53. The zero-order chi connectivity index (χ0) is 28.4. The molecule has 2 heterocycles. The third-order valence-electron chi connectivity index (χ3n) is 6.55. The van der Waals surface area contributed by atoms with Crippen molar-refractivity contribution in [2.45, 2.75) is 20.4 Å². The van der Waals surface area contributed by atoms with Crippen LogP contribution in [0.1, 0.15) is 32.9 Å². The number of aryl methyl sites for hydroxylation is 1. The van der Waals surface area contributed by atoms with Gasteiger partial charge in [0.25, 0.3) is 5.91 Å². The van der Waals surface area contributed by atoms with Gasteiger partial charge in [0.15, 0.2) is 5.17 Å². The van der Waals surface area contributed by atoms with E-state index in [1.54, 1.807) is 30.2 Å². The van der Waals surface area contributed by atoms with Crippen LogP contribution in [0, 0.1) is 13.8 Å². The third kappa shape index (κ3) is 5.54. The molecule has 1 amide bonds. The topological polar surface area (TPSA) is 84.1 Å². The van der Waals surface area contributed by atoms with Crippen LogP contribution in [0.25, 0.3) is 11.8 Å². The summed E-state index contributed by atoms with van der Waals surface area (Å²) in [4.78, 5) is 31.9. The minimum atomic E-state index is -0.996. The van der Waals surface area contributed by atoms with Crippen LogP contribution in [0.15, 0.2) is 88.8 Å². The number of amidine groups is 1. The summed E-state index contributed by atoms with van der Waals surface area (Å²) in [7, 11) is 1.62. The molecule has 9 heteroatoms. The number of hydrogen-bond acceptors (Lipinski definition) is 5. The van der Waals surface area contributed by atoms with Gasteiger partial charge in [0.2, 0.25) is 0 Å². The predicted octanol–water partition coefficient (Wildman–Crippen LogP) is 7.26. The van der Waals surface area contributed by atoms with Gasteiger partial charge < -0.3 is 14.4 Å². The van der Waals surface area contributed by atoms with E-state index >= 15 is 0 Å². The summed E-state index contributed by atoms with van der Waals surface area (Å²) in [5, 5.41) is 10.4. The van der Waals surface area contributed by atoms with Gasteiger partial charge in [0.1, 0.15) is 5.75 Å². The van der Waals surface area contributed by atoms with Crippen molar-refractivity contribution in [2.75, 3.05) is 7.11 Å². The van der Waals surface area contributed by atoms with E-state index in [-0.39, 0.29) is 18.0 Å². The summed E-state index contributed by atoms with van der Waals surface area (Å²) in [6, 6.07) is 23.5. The molecule has 7 nitrogen and oxygen atoms in total. The lowest BCUT2D eigenvalue weighted by Gasteiger charge is -2.16. The zero-order valence-electron chi connectivity index (χ0n) is 22.1. The first-order valence-electron chi connectivity index (χ1n) is 12.5. The molecule has 40 heavy (non-hydrogen) atoms. The maximum Gasteiger partial charge on any atom is 0.335 e. The van der Waals surface area contributed by atoms with E-state index in [2.05, 4.69) is 4.57 Å². The molecule has 0 unspecified atom stereocenters. The van der Waals surface area contributed by atoms with Gasteiger partial charge in [-0.3, -0.25) is 9.69 Å². The summed E-state index contributed by atoms with van der Waals surface area (Å²) in [5.41, 5.74) is 5.33. The minimum absolute atomic E-state index is 0.174. The molecule has 1 N–H and O–H groups in total. The molecule has 0 radical (unpaired) electrons. The molecule has 0 spiro atoms. The lowest BCUT2D eigenvalue weighted by atomic mass is 10.1. The van der Waals surface area contributed by atoms with E-state index in [1.807, 2.05) is 68.5 Å². The van der Waals surface area contributed by atoms with Crippen LogP contribution >= 0.6 is 23.4 Å². The molecule has 0 aliphatic carbocycles. The molecule has 1 aliphatic rings. The second-order valence-electron chi connectivity index (χ2n) is 9.21. The fraction of sp³-hybridized carbons (Fsp3) is 0.129. The quantitative estimate of drug-likeness (QED) is 0.236. The Morgan fingerprint density at radius 3 is 2.45 bits per heavy atom. The van der Waals surface area contributed by atoms with Crippen LogP contribution in [0.2, 0.25) is 5.02 Å². The highest BCUT2D eigenvalue weighted by Gasteiger charge is 2.34. The van der Waals surface area contributed by atoms with E-state index in [9.17, 15) is 14.7 Å². The van der Waals surface area contributed by atoms with Crippen molar-refractivity contribution >= 4 is 52.2 Å². The lowest BCUT2D eigenvalue weighted by Crippen LogP contribution is -2.28. The van der Waals surface area contributed by atoms with Crippen LogP contribution in [0.3, 0.4) is 0 Å². The second-order valence-corrected chi connectivity index (χ2v) is 10.7. The summed E-state index contributed by atoms with van der Waals surface area (Å²) in [5.74, 6) is -0.481. The molecule has 0 bridgehead atoms. The number of carboxylic acids is 1. The number of hydrogen-bond donors (Lipinski definition) is 1. The van der Waals surface area contributed by atoms with Gasteiger partial charge in [-0.05, 0) is 91.3 Å². The molecule has 0 atom stereocenters. The molecule has 1 fully saturated rings. The fourth-order valence-electron chi connectivity index (χ4n) is 4.56. The van der Waals surface area contributed by atoms with Gasteiger partial charge >= 0.3 is 5.97 Å². The Labute approximate surface area is 241 Å². The zero-order valence-corrected chi connectivity index (χ0v) is 23.7. The van der Waals surface area contributed by atoms with Crippen LogP contribution < -0.4 is 4.74 Å². The minimum Gasteiger partial charge on any atom is -0.495 e. The molecule has 202 valence electrons. The SMILES string of the molecule is COc1ccc(Cl)cc1-n1c(C)cc(/C=C2\SC(=Nc3ccccc3)N(Cc3ccc(C(=O)O)cc3)C2=O)c1C. The van der Waals surface area contributed by atoms with Gasteiger partial charge in [0, 0.05) is 16.4 Å². The van der Waals surface area contributed by atoms with E-state index < -0.39 is 5.97 Å². The van der Waals surface area contributed by atoms with Crippen LogP contribution in [0.5, 0.6) is 5.75 Å². The fourth-order valence-corrected chi connectivity index (χ4v) is 5.72. The number of aromatic nitrogens is 1. The van der Waals surface area contributed by atoms with Crippen molar-refractivity contribution in [3.63, 3.8) is 0 Å². The molecular formula is C31H26ClN3O4S. The number of thioether (sulfide) groups is 1. The summed E-state index contributed by atoms with van der Waals surface area (Å²) >= 11 is 7.62. The number of amides is 1. The van der Waals surface area contributed by atoms with Crippen LogP contribution in [-0.4, -0.2) is 38.7 Å². The predicted molar refractivity (Wildman–Crippen MR) is 160 cm³/mol. The lowest BCUT2D eigenvalue weighted by molar-refractivity contribution is -0.122. The Bertz CT molecular complexity index is 1660. The number of halogens is 1. The third-order valence-corrected chi connectivity index (χ3v) is 7.79. The number of ether oxygens (including phenoxy) is 1. The molecule has 1 aliphatic heterocycles. The number of para-hydroxylation sites is 1. The molecule has 1 aromatic heterocycles. The second kappa shape index (κ2) is 11.5. The number of aromatic carboxylic acids is 1. The van der Waals surface area contributed by atoms with Crippen molar-refractivity contribution in [2.24, 2.45) is 4.99 Å². The molecule has 1 saturated heterocycles. The molecule has 4 aromatic rings. The van der Waals surface area contributed by atoms with Gasteiger partial charge in [-0.2, -0.15) is 0 Å². The van der Waals surface area contributed by atoms with E-state index in [4.69, 9.17) is 21.3 Å². The highest BCUT2D eigenvalue weighted by molar-refractivity contribution is 8.18. The standard InChI is InChI=1S/C31H26ClN3O4S/c1-19-15-23(20(2)35(19)26-17-24(32)13-14-27(26)39-3)16-28-29(36)34(18-21-9-11-22(12-10-21)30(37)38)31(40-28)33-25-7-5-4-6-8-25/h4-17H,18H2,1-3H3,(H,37,38)/b28-16-,33-31?. The van der Waals surface area contributed by atoms with Crippen molar-refractivity contribution in [1.82, 2.24) is 9.47 Å². The average molecular weight is 572 g/mol. The number of benzene rings is 3. The maximum absolute atomic E-state index is 13.7. The van der Waals surface area contributed by atoms with Crippen molar-refractivity contribution < 1.29 is 19.4 Å². The largest absolute Gasteiger partial charge is 0.495 e. The number of carbonyl (C=O) groups excluding carboxylic acids is 1. The highest BCUT2D eigenvalue weighted by atomic mass is 35.5. The number of carbonyl (C=O) groups is 2. The van der Waals surface area contributed by atoms with Crippen molar-refractivity contribution in [3.05, 3.63) is 117 Å². The smallest absolute Gasteiger partial charge is 0.335 e. The molecule has 5 rings (SSSR count). The number of rotatable bonds is 7.